The number of carbonyl (C=O) groups excluding carboxylic acids is 1. The van der Waals surface area contributed by atoms with Gasteiger partial charge in [-0.15, -0.1) is 0 Å². The summed E-state index contributed by atoms with van der Waals surface area (Å²) in [6, 6.07) is -1.57. The number of amides is 2. The largest absolute Gasteiger partial charge is 0.480 e. The molecule has 0 radical (unpaired) electrons. The molecule has 2 amide bonds. The molecule has 2 heterocycles. The van der Waals surface area contributed by atoms with E-state index < -0.39 is 24.1 Å². The maximum absolute atomic E-state index is 11.9. The van der Waals surface area contributed by atoms with Crippen LogP contribution in [0.25, 0.3) is 0 Å². The van der Waals surface area contributed by atoms with Crippen LogP contribution in [0.5, 0.6) is 0 Å². The predicted molar refractivity (Wildman–Crippen MR) is 67.6 cm³/mol. The number of aliphatic hydroxyl groups is 1. The number of likely N-dealkylation sites (tertiary alicyclic amines) is 1. The molecular formula is C9H10BrN3O4S. The number of nitrogens with one attached hydrogen (secondary N) is 1. The van der Waals surface area contributed by atoms with Crippen molar-refractivity contribution in [1.82, 2.24) is 9.88 Å². The third-order valence-electron chi connectivity index (χ3n) is 2.52. The molecule has 0 unspecified atom stereocenters. The van der Waals surface area contributed by atoms with Gasteiger partial charge in [0, 0.05) is 13.0 Å². The van der Waals surface area contributed by atoms with E-state index in [0.29, 0.717) is 5.13 Å². The van der Waals surface area contributed by atoms with Gasteiger partial charge in [0.15, 0.2) is 5.13 Å². The minimum Gasteiger partial charge on any atom is -0.480 e. The topological polar surface area (TPSA) is 103 Å². The first-order valence-corrected chi connectivity index (χ1v) is 6.68. The number of carboxylic acids is 1. The van der Waals surface area contributed by atoms with Crippen LogP contribution in [-0.4, -0.2) is 50.8 Å². The molecular weight excluding hydrogens is 326 g/mol. The van der Waals surface area contributed by atoms with Gasteiger partial charge in [0.2, 0.25) is 0 Å². The number of aliphatic carboxylic acids is 1. The van der Waals surface area contributed by atoms with E-state index in [9.17, 15) is 14.7 Å². The summed E-state index contributed by atoms with van der Waals surface area (Å²) >= 11 is 4.43. The summed E-state index contributed by atoms with van der Waals surface area (Å²) in [6.07, 6.45) is 0.776. The van der Waals surface area contributed by atoms with Crippen molar-refractivity contribution < 1.29 is 19.8 Å². The number of β-amino-alcohol motifs (C(OH)–C–C–N with tert-alkyl or cyclic N) is 1. The van der Waals surface area contributed by atoms with Crippen molar-refractivity contribution in [3.63, 3.8) is 0 Å². The maximum Gasteiger partial charge on any atom is 0.326 e. The molecule has 2 atom stereocenters. The Labute approximate surface area is 115 Å². The third kappa shape index (κ3) is 2.79. The van der Waals surface area contributed by atoms with E-state index in [0.717, 1.165) is 8.69 Å². The zero-order valence-corrected chi connectivity index (χ0v) is 11.4. The minimum absolute atomic E-state index is 0.00927. The van der Waals surface area contributed by atoms with Crippen LogP contribution >= 0.6 is 27.3 Å². The van der Waals surface area contributed by atoms with Crippen LogP contribution in [0.1, 0.15) is 6.42 Å². The van der Waals surface area contributed by atoms with Crippen LogP contribution in [0.15, 0.2) is 9.98 Å². The van der Waals surface area contributed by atoms with Crippen LogP contribution in [0, 0.1) is 0 Å². The van der Waals surface area contributed by atoms with Gasteiger partial charge in [0.25, 0.3) is 0 Å². The van der Waals surface area contributed by atoms with E-state index in [-0.39, 0.29) is 13.0 Å². The second-order valence-electron chi connectivity index (χ2n) is 3.80. The molecule has 1 saturated heterocycles. The molecule has 7 nitrogen and oxygen atoms in total. The number of aliphatic hydroxyl groups excluding tert-OH is 1. The van der Waals surface area contributed by atoms with Crippen molar-refractivity contribution in [1.29, 1.82) is 0 Å². The van der Waals surface area contributed by atoms with Gasteiger partial charge in [-0.05, 0) is 15.9 Å². The van der Waals surface area contributed by atoms with E-state index in [2.05, 4.69) is 26.2 Å². The van der Waals surface area contributed by atoms with E-state index in [1.54, 1.807) is 0 Å². The van der Waals surface area contributed by atoms with Crippen molar-refractivity contribution in [2.45, 2.75) is 18.6 Å². The summed E-state index contributed by atoms with van der Waals surface area (Å²) in [7, 11) is 0. The standard InChI is InChI=1S/C9H10BrN3O4S/c10-6-2-11-8(18-6)12-9(17)13-3-4(14)1-5(13)7(15)16/h2,4-5,14H,1,3H2,(H,15,16)(H,11,12,17)/t4-,5-/m0/s1. The van der Waals surface area contributed by atoms with Gasteiger partial charge < -0.3 is 15.1 Å². The predicted octanol–water partition coefficient (Wildman–Crippen LogP) is 0.957. The van der Waals surface area contributed by atoms with Crippen LogP contribution in [0.3, 0.4) is 0 Å². The summed E-state index contributed by atoms with van der Waals surface area (Å²) in [4.78, 5) is 27.9. The summed E-state index contributed by atoms with van der Waals surface area (Å²) in [5, 5.41) is 21.3. The molecule has 0 spiro atoms. The lowest BCUT2D eigenvalue weighted by Crippen LogP contribution is -2.43. The fourth-order valence-corrected chi connectivity index (χ4v) is 2.84. The first-order valence-electron chi connectivity index (χ1n) is 5.07. The summed E-state index contributed by atoms with van der Waals surface area (Å²) in [6.45, 7) is 0.00927. The second-order valence-corrected chi connectivity index (χ2v) is 6.21. The zero-order chi connectivity index (χ0) is 13.3. The van der Waals surface area contributed by atoms with Gasteiger partial charge in [0.05, 0.1) is 16.1 Å². The zero-order valence-electron chi connectivity index (χ0n) is 9.04. The second kappa shape index (κ2) is 5.21. The average Bonchev–Trinajstić information content (AvgIpc) is 2.85. The van der Waals surface area contributed by atoms with Gasteiger partial charge in [-0.1, -0.05) is 11.3 Å². The van der Waals surface area contributed by atoms with Crippen LogP contribution in [-0.2, 0) is 4.79 Å². The smallest absolute Gasteiger partial charge is 0.326 e. The molecule has 1 aromatic heterocycles. The normalized spacial score (nSPS) is 23.1. The van der Waals surface area contributed by atoms with E-state index in [4.69, 9.17) is 5.11 Å². The molecule has 3 N–H and O–H groups in total. The quantitative estimate of drug-likeness (QED) is 0.746. The number of carboxylic acid groups (broad SMARTS) is 1. The summed E-state index contributed by atoms with van der Waals surface area (Å²) in [5.41, 5.74) is 0. The van der Waals surface area contributed by atoms with Crippen LogP contribution < -0.4 is 5.32 Å². The number of urea groups is 1. The number of hydrogen-bond donors (Lipinski definition) is 3. The molecule has 2 rings (SSSR count). The van der Waals surface area contributed by atoms with Gasteiger partial charge >= 0.3 is 12.0 Å². The molecule has 0 aromatic carbocycles. The molecule has 18 heavy (non-hydrogen) atoms. The molecule has 1 aromatic rings. The third-order valence-corrected chi connectivity index (χ3v) is 3.91. The molecule has 1 aliphatic rings. The first kappa shape index (κ1) is 13.2. The van der Waals surface area contributed by atoms with Crippen molar-refractivity contribution in [3.8, 4) is 0 Å². The highest BCUT2D eigenvalue weighted by molar-refractivity contribution is 9.11. The van der Waals surface area contributed by atoms with E-state index in [1.165, 1.54) is 17.5 Å². The maximum atomic E-state index is 11.9. The summed E-state index contributed by atoms with van der Waals surface area (Å²) < 4.78 is 0.758. The highest BCUT2D eigenvalue weighted by Gasteiger charge is 2.39. The number of anilines is 1. The molecule has 0 bridgehead atoms. The Morgan fingerprint density at radius 3 is 2.89 bits per heavy atom. The number of hydrogen-bond acceptors (Lipinski definition) is 5. The molecule has 0 saturated carbocycles. The lowest BCUT2D eigenvalue weighted by Gasteiger charge is -2.20. The molecule has 9 heteroatoms. The fraction of sp³-hybridized carbons (Fsp3) is 0.444. The number of thiazole rings is 1. The molecule has 0 aliphatic carbocycles. The molecule has 1 fully saturated rings. The van der Waals surface area contributed by atoms with Crippen molar-refractivity contribution in [2.24, 2.45) is 0 Å². The average molecular weight is 336 g/mol. The SMILES string of the molecule is O=C(O)[C@@H]1C[C@H](O)CN1C(=O)Nc1ncc(Br)s1. The van der Waals surface area contributed by atoms with E-state index >= 15 is 0 Å². The minimum atomic E-state index is -1.12. The monoisotopic (exact) mass is 335 g/mol. The van der Waals surface area contributed by atoms with Crippen LogP contribution in [0.2, 0.25) is 0 Å². The Kier molecular flexibility index (Phi) is 3.83. The molecule has 1 aliphatic heterocycles. The Bertz CT molecular complexity index is 480. The number of rotatable bonds is 2. The fourth-order valence-electron chi connectivity index (χ4n) is 1.75. The van der Waals surface area contributed by atoms with Crippen molar-refractivity contribution in [2.75, 3.05) is 11.9 Å². The van der Waals surface area contributed by atoms with Gasteiger partial charge in [0.1, 0.15) is 6.04 Å². The van der Waals surface area contributed by atoms with Gasteiger partial charge in [-0.2, -0.15) is 0 Å². The van der Waals surface area contributed by atoms with E-state index in [1.807, 2.05) is 0 Å². The number of aromatic nitrogens is 1. The lowest BCUT2D eigenvalue weighted by atomic mass is 10.2. The highest BCUT2D eigenvalue weighted by Crippen LogP contribution is 2.25. The summed E-state index contributed by atoms with van der Waals surface area (Å²) in [5.74, 6) is -1.12. The number of nitrogens with zero attached hydrogens (tertiary/aromatic N) is 2. The van der Waals surface area contributed by atoms with Gasteiger partial charge in [-0.3, -0.25) is 5.32 Å². The lowest BCUT2D eigenvalue weighted by molar-refractivity contribution is -0.141. The Balaban J connectivity index is 2.06. The molecule has 98 valence electrons. The Morgan fingerprint density at radius 1 is 1.61 bits per heavy atom. The Morgan fingerprint density at radius 2 is 2.33 bits per heavy atom. The van der Waals surface area contributed by atoms with Gasteiger partial charge in [-0.25, -0.2) is 14.6 Å². The number of carbonyl (C=O) groups is 2. The van der Waals surface area contributed by atoms with Crippen molar-refractivity contribution in [3.05, 3.63) is 9.98 Å². The Hall–Kier alpha value is -1.19. The first-order chi connectivity index (χ1) is 8.47. The highest BCUT2D eigenvalue weighted by atomic mass is 79.9. The van der Waals surface area contributed by atoms with Crippen molar-refractivity contribution >= 4 is 44.4 Å². The number of halogens is 1. The van der Waals surface area contributed by atoms with Crippen LogP contribution in [0.4, 0.5) is 9.93 Å².